The summed E-state index contributed by atoms with van der Waals surface area (Å²) in [6.45, 7) is 1.57. The minimum absolute atomic E-state index is 0.290. The zero-order chi connectivity index (χ0) is 15.1. The summed E-state index contributed by atoms with van der Waals surface area (Å²) in [6, 6.07) is 3.52. The lowest BCUT2D eigenvalue weighted by Crippen LogP contribution is -2.12. The van der Waals surface area contributed by atoms with Crippen LogP contribution in [-0.2, 0) is 24.4 Å². The molecule has 1 atom stereocenters. The van der Waals surface area contributed by atoms with Crippen molar-refractivity contribution in [1.29, 1.82) is 0 Å². The van der Waals surface area contributed by atoms with Crippen molar-refractivity contribution < 1.29 is 23.1 Å². The number of nitrogens with zero attached hydrogens (tertiary/aromatic N) is 1. The van der Waals surface area contributed by atoms with Crippen LogP contribution in [0, 0.1) is 5.92 Å². The molecule has 0 bridgehead atoms. The number of hydrogen-bond acceptors (Lipinski definition) is 1. The van der Waals surface area contributed by atoms with Crippen LogP contribution in [0.2, 0.25) is 0 Å². The van der Waals surface area contributed by atoms with Crippen molar-refractivity contribution in [2.45, 2.75) is 19.5 Å². The van der Waals surface area contributed by atoms with Gasteiger partial charge in [0, 0.05) is 24.1 Å². The van der Waals surface area contributed by atoms with Gasteiger partial charge in [0.15, 0.2) is 0 Å². The van der Waals surface area contributed by atoms with Gasteiger partial charge in [-0.15, -0.1) is 0 Å². The number of aliphatic carboxylic acids is 1. The summed E-state index contributed by atoms with van der Waals surface area (Å²) >= 11 is 0. The monoisotopic (exact) mass is 285 g/mol. The molecule has 1 aromatic carbocycles. The molecule has 0 amide bonds. The fourth-order valence-electron chi connectivity index (χ4n) is 2.22. The van der Waals surface area contributed by atoms with E-state index in [-0.39, 0.29) is 6.42 Å². The summed E-state index contributed by atoms with van der Waals surface area (Å²) in [7, 11) is 1.65. The van der Waals surface area contributed by atoms with E-state index in [9.17, 15) is 18.0 Å². The molecule has 6 heteroatoms. The van der Waals surface area contributed by atoms with Gasteiger partial charge in [-0.2, -0.15) is 13.2 Å². The molecule has 0 radical (unpaired) electrons. The lowest BCUT2D eigenvalue weighted by atomic mass is 10.0. The molecule has 2 aromatic rings. The summed E-state index contributed by atoms with van der Waals surface area (Å²) in [5, 5.41) is 9.58. The fourth-order valence-corrected chi connectivity index (χ4v) is 2.22. The van der Waals surface area contributed by atoms with Crippen LogP contribution in [0.1, 0.15) is 18.1 Å². The van der Waals surface area contributed by atoms with E-state index in [0.717, 1.165) is 17.7 Å². The Morgan fingerprint density at radius 1 is 1.40 bits per heavy atom. The van der Waals surface area contributed by atoms with E-state index in [1.165, 1.54) is 6.07 Å². The van der Waals surface area contributed by atoms with Crippen LogP contribution in [0.5, 0.6) is 0 Å². The highest BCUT2D eigenvalue weighted by Crippen LogP contribution is 2.33. The highest BCUT2D eigenvalue weighted by Gasteiger charge is 2.31. The highest BCUT2D eigenvalue weighted by atomic mass is 19.4. The molecule has 0 fully saturated rings. The third-order valence-corrected chi connectivity index (χ3v) is 3.35. The second-order valence-electron chi connectivity index (χ2n) is 4.94. The lowest BCUT2D eigenvalue weighted by molar-refractivity contribution is -0.141. The van der Waals surface area contributed by atoms with E-state index < -0.39 is 23.6 Å². The predicted molar refractivity (Wildman–Crippen MR) is 68.4 cm³/mol. The molecule has 3 nitrogen and oxygen atoms in total. The average molecular weight is 285 g/mol. The predicted octanol–water partition coefficient (Wildman–Crippen LogP) is 3.46. The van der Waals surface area contributed by atoms with Crippen molar-refractivity contribution in [3.05, 3.63) is 35.5 Å². The number of carboxylic acid groups (broad SMARTS) is 1. The molecule has 0 saturated carbocycles. The Balaban J connectivity index is 2.48. The number of carboxylic acids is 1. The molecule has 1 unspecified atom stereocenters. The molecule has 20 heavy (non-hydrogen) atoms. The molecule has 0 spiro atoms. The van der Waals surface area contributed by atoms with Crippen LogP contribution in [0.25, 0.3) is 10.9 Å². The van der Waals surface area contributed by atoms with Gasteiger partial charge in [0.2, 0.25) is 0 Å². The van der Waals surface area contributed by atoms with Crippen molar-refractivity contribution in [1.82, 2.24) is 4.57 Å². The van der Waals surface area contributed by atoms with Crippen LogP contribution in [0.4, 0.5) is 13.2 Å². The van der Waals surface area contributed by atoms with Gasteiger partial charge in [-0.05, 0) is 24.1 Å². The molecular weight excluding hydrogens is 271 g/mol. The number of alkyl halides is 3. The first kappa shape index (κ1) is 14.4. The maximum Gasteiger partial charge on any atom is 0.416 e. The number of hydrogen-bond donors (Lipinski definition) is 1. The molecule has 0 aliphatic carbocycles. The molecule has 1 aromatic heterocycles. The Morgan fingerprint density at radius 3 is 2.60 bits per heavy atom. The first-order valence-electron chi connectivity index (χ1n) is 6.08. The molecule has 0 aliphatic rings. The summed E-state index contributed by atoms with van der Waals surface area (Å²) in [5.41, 5.74) is 0.488. The van der Waals surface area contributed by atoms with E-state index in [1.807, 2.05) is 0 Å². The van der Waals surface area contributed by atoms with Crippen molar-refractivity contribution in [2.24, 2.45) is 13.0 Å². The van der Waals surface area contributed by atoms with Crippen molar-refractivity contribution in [2.75, 3.05) is 0 Å². The van der Waals surface area contributed by atoms with Gasteiger partial charge in [0.05, 0.1) is 11.5 Å². The summed E-state index contributed by atoms with van der Waals surface area (Å²) < 4.78 is 39.6. The fraction of sp³-hybridized carbons (Fsp3) is 0.357. The molecule has 1 N–H and O–H groups in total. The zero-order valence-electron chi connectivity index (χ0n) is 11.0. The Kier molecular flexibility index (Phi) is 3.50. The summed E-state index contributed by atoms with van der Waals surface area (Å²) in [6.07, 6.45) is -2.41. The first-order valence-corrected chi connectivity index (χ1v) is 6.08. The van der Waals surface area contributed by atoms with Crippen LogP contribution >= 0.6 is 0 Å². The number of halogens is 3. The van der Waals surface area contributed by atoms with Crippen molar-refractivity contribution >= 4 is 16.9 Å². The zero-order valence-corrected chi connectivity index (χ0v) is 11.0. The number of rotatable bonds is 3. The second-order valence-corrected chi connectivity index (χ2v) is 4.94. The van der Waals surface area contributed by atoms with Gasteiger partial charge in [0.25, 0.3) is 0 Å². The van der Waals surface area contributed by atoms with Crippen LogP contribution < -0.4 is 0 Å². The van der Waals surface area contributed by atoms with Gasteiger partial charge in [-0.25, -0.2) is 0 Å². The summed E-state index contributed by atoms with van der Waals surface area (Å²) in [4.78, 5) is 10.9. The van der Waals surface area contributed by atoms with Crippen molar-refractivity contribution in [3.63, 3.8) is 0 Å². The second kappa shape index (κ2) is 4.85. The largest absolute Gasteiger partial charge is 0.481 e. The third kappa shape index (κ3) is 2.64. The molecule has 0 saturated heterocycles. The average Bonchev–Trinajstić information content (AvgIpc) is 2.65. The minimum Gasteiger partial charge on any atom is -0.481 e. The quantitative estimate of drug-likeness (QED) is 0.938. The van der Waals surface area contributed by atoms with E-state index >= 15 is 0 Å². The first-order chi connectivity index (χ1) is 9.20. The number of aromatic nitrogens is 1. The van der Waals surface area contributed by atoms with Crippen LogP contribution in [0.3, 0.4) is 0 Å². The van der Waals surface area contributed by atoms with E-state index in [2.05, 4.69) is 0 Å². The maximum absolute atomic E-state index is 12.7. The molecular formula is C14H14F3NO2. The topological polar surface area (TPSA) is 42.2 Å². The lowest BCUT2D eigenvalue weighted by Gasteiger charge is -2.08. The number of carbonyl (C=O) groups is 1. The SMILES string of the molecule is CC(Cc1cn(C)c2cc(C(F)(F)F)ccc12)C(=O)O. The Bertz CT molecular complexity index is 658. The van der Waals surface area contributed by atoms with Gasteiger partial charge in [-0.1, -0.05) is 13.0 Å². The molecule has 2 rings (SSSR count). The molecule has 108 valence electrons. The summed E-state index contributed by atoms with van der Waals surface area (Å²) in [5.74, 6) is -1.50. The van der Waals surface area contributed by atoms with Crippen molar-refractivity contribution in [3.8, 4) is 0 Å². The van der Waals surface area contributed by atoms with Gasteiger partial charge in [0.1, 0.15) is 0 Å². The third-order valence-electron chi connectivity index (χ3n) is 3.35. The Hall–Kier alpha value is -1.98. The minimum atomic E-state index is -4.38. The standard InChI is InChI=1S/C14H14F3NO2/c1-8(13(19)20)5-9-7-18(2)12-6-10(14(15,16)17)3-4-11(9)12/h3-4,6-8H,5H2,1-2H3,(H,19,20). The number of aryl methyl sites for hydroxylation is 1. The molecule has 1 heterocycles. The van der Waals surface area contributed by atoms with Gasteiger partial charge < -0.3 is 9.67 Å². The Morgan fingerprint density at radius 2 is 2.05 bits per heavy atom. The van der Waals surface area contributed by atoms with E-state index in [4.69, 9.17) is 5.11 Å². The smallest absolute Gasteiger partial charge is 0.416 e. The number of fused-ring (bicyclic) bond motifs is 1. The van der Waals surface area contributed by atoms with Crippen LogP contribution in [-0.4, -0.2) is 15.6 Å². The normalized spacial score (nSPS) is 13.7. The van der Waals surface area contributed by atoms with Crippen LogP contribution in [0.15, 0.2) is 24.4 Å². The van der Waals surface area contributed by atoms with E-state index in [1.54, 1.807) is 24.7 Å². The maximum atomic E-state index is 12.7. The van der Waals surface area contributed by atoms with Gasteiger partial charge >= 0.3 is 12.1 Å². The number of benzene rings is 1. The molecule has 0 aliphatic heterocycles. The Labute approximate surface area is 113 Å². The van der Waals surface area contributed by atoms with Gasteiger partial charge in [-0.3, -0.25) is 4.79 Å². The highest BCUT2D eigenvalue weighted by molar-refractivity contribution is 5.85. The van der Waals surface area contributed by atoms with E-state index in [0.29, 0.717) is 10.9 Å².